The molecule has 110 valence electrons. The smallest absolute Gasteiger partial charge is 0.243 e. The number of hydrogen-bond acceptors (Lipinski definition) is 4. The van der Waals surface area contributed by atoms with Crippen molar-refractivity contribution in [3.8, 4) is 0 Å². The number of halogens is 1. The van der Waals surface area contributed by atoms with Gasteiger partial charge in [-0.15, -0.1) is 12.4 Å². The third-order valence-electron chi connectivity index (χ3n) is 3.24. The van der Waals surface area contributed by atoms with Crippen LogP contribution in [0.2, 0.25) is 0 Å². The van der Waals surface area contributed by atoms with Crippen LogP contribution in [0, 0.1) is 0 Å². The standard InChI is InChI=1S/C11H19N3O3S.ClH/c1-18(16,17)13-9-4-7-14(8-5-9)11(15)10-3-2-6-12-10;/h2-3,9-10,12-13H,4-8H2,1H3;1H. The first kappa shape index (κ1) is 16.4. The minimum atomic E-state index is -3.15. The van der Waals surface area contributed by atoms with Gasteiger partial charge < -0.3 is 4.90 Å². The number of nitrogens with one attached hydrogen (secondary N) is 2. The topological polar surface area (TPSA) is 78.5 Å². The number of hydrogen-bond donors (Lipinski definition) is 2. The van der Waals surface area contributed by atoms with Gasteiger partial charge in [0.15, 0.2) is 0 Å². The summed E-state index contributed by atoms with van der Waals surface area (Å²) >= 11 is 0. The first-order chi connectivity index (χ1) is 8.46. The highest BCUT2D eigenvalue weighted by Crippen LogP contribution is 2.13. The van der Waals surface area contributed by atoms with E-state index >= 15 is 0 Å². The van der Waals surface area contributed by atoms with E-state index in [1.54, 1.807) is 4.90 Å². The zero-order valence-electron chi connectivity index (χ0n) is 10.8. The summed E-state index contributed by atoms with van der Waals surface area (Å²) in [6.07, 6.45) is 6.34. The normalized spacial score (nSPS) is 24.3. The number of amides is 1. The predicted octanol–water partition coefficient (Wildman–Crippen LogP) is -0.524. The zero-order chi connectivity index (χ0) is 13.2. The first-order valence-corrected chi connectivity index (χ1v) is 8.01. The highest BCUT2D eigenvalue weighted by molar-refractivity contribution is 7.88. The summed E-state index contributed by atoms with van der Waals surface area (Å²) in [6.45, 7) is 1.96. The van der Waals surface area contributed by atoms with Gasteiger partial charge in [0.25, 0.3) is 0 Å². The van der Waals surface area contributed by atoms with Gasteiger partial charge >= 0.3 is 0 Å². The van der Waals surface area contributed by atoms with E-state index in [9.17, 15) is 13.2 Å². The van der Waals surface area contributed by atoms with E-state index in [0.717, 1.165) is 12.8 Å². The van der Waals surface area contributed by atoms with Crippen LogP contribution < -0.4 is 10.0 Å². The Morgan fingerprint density at radius 3 is 2.47 bits per heavy atom. The quantitative estimate of drug-likeness (QED) is 0.688. The zero-order valence-corrected chi connectivity index (χ0v) is 12.5. The molecule has 1 saturated heterocycles. The molecule has 0 aromatic carbocycles. The third-order valence-corrected chi connectivity index (χ3v) is 4.00. The van der Waals surface area contributed by atoms with E-state index in [-0.39, 0.29) is 30.4 Å². The second kappa shape index (κ2) is 6.69. The van der Waals surface area contributed by atoms with Crippen molar-refractivity contribution < 1.29 is 13.2 Å². The van der Waals surface area contributed by atoms with Gasteiger partial charge in [-0.25, -0.2) is 13.1 Å². The molecule has 0 radical (unpaired) electrons. The van der Waals surface area contributed by atoms with E-state index in [1.165, 1.54) is 0 Å². The average Bonchev–Trinajstić information content (AvgIpc) is 2.80. The monoisotopic (exact) mass is 309 g/mol. The molecular formula is C11H20ClN3O3S. The van der Waals surface area contributed by atoms with Gasteiger partial charge in [-0.1, -0.05) is 12.2 Å². The van der Waals surface area contributed by atoms with Gasteiger partial charge in [0.05, 0.1) is 6.26 Å². The van der Waals surface area contributed by atoms with Crippen LogP contribution in [0.5, 0.6) is 0 Å². The molecular weight excluding hydrogens is 290 g/mol. The summed E-state index contributed by atoms with van der Waals surface area (Å²) in [6, 6.07) is -0.249. The van der Waals surface area contributed by atoms with Gasteiger partial charge in [-0.3, -0.25) is 10.1 Å². The Balaban J connectivity index is 0.00000180. The number of likely N-dealkylation sites (tertiary alicyclic amines) is 1. The van der Waals surface area contributed by atoms with Crippen LogP contribution in [0.1, 0.15) is 12.8 Å². The minimum Gasteiger partial charge on any atom is -0.341 e. The SMILES string of the molecule is CS(=O)(=O)NC1CCN(C(=O)C2C=CCN2)CC1.Cl. The van der Waals surface area contributed by atoms with E-state index in [0.29, 0.717) is 25.9 Å². The van der Waals surface area contributed by atoms with Crippen LogP contribution in [0.3, 0.4) is 0 Å². The maximum atomic E-state index is 12.1. The molecule has 19 heavy (non-hydrogen) atoms. The molecule has 2 rings (SSSR count). The maximum absolute atomic E-state index is 12.1. The van der Waals surface area contributed by atoms with Crippen LogP contribution >= 0.6 is 12.4 Å². The van der Waals surface area contributed by atoms with Crippen LogP contribution in [0.15, 0.2) is 12.2 Å². The lowest BCUT2D eigenvalue weighted by molar-refractivity contribution is -0.133. The second-order valence-corrected chi connectivity index (χ2v) is 6.58. The molecule has 1 amide bonds. The summed E-state index contributed by atoms with van der Waals surface area (Å²) in [4.78, 5) is 13.9. The molecule has 2 aliphatic heterocycles. The van der Waals surface area contributed by atoms with Crippen LogP contribution in [-0.2, 0) is 14.8 Å². The lowest BCUT2D eigenvalue weighted by Crippen LogP contribution is -2.50. The van der Waals surface area contributed by atoms with Crippen molar-refractivity contribution >= 4 is 28.3 Å². The van der Waals surface area contributed by atoms with Crippen molar-refractivity contribution in [2.75, 3.05) is 25.9 Å². The number of piperidine rings is 1. The van der Waals surface area contributed by atoms with Crippen molar-refractivity contribution in [3.63, 3.8) is 0 Å². The number of nitrogens with zero attached hydrogens (tertiary/aromatic N) is 1. The van der Waals surface area contributed by atoms with E-state index in [2.05, 4.69) is 10.0 Å². The highest BCUT2D eigenvalue weighted by atomic mass is 35.5. The van der Waals surface area contributed by atoms with E-state index in [1.807, 2.05) is 12.2 Å². The second-order valence-electron chi connectivity index (χ2n) is 4.80. The number of rotatable bonds is 3. The fourth-order valence-corrected chi connectivity index (χ4v) is 3.20. The predicted molar refractivity (Wildman–Crippen MR) is 75.8 cm³/mol. The van der Waals surface area contributed by atoms with Gasteiger partial charge in [-0.05, 0) is 12.8 Å². The molecule has 0 aliphatic carbocycles. The van der Waals surface area contributed by atoms with Gasteiger partial charge in [0, 0.05) is 25.7 Å². The van der Waals surface area contributed by atoms with E-state index in [4.69, 9.17) is 0 Å². The number of sulfonamides is 1. The van der Waals surface area contributed by atoms with Crippen molar-refractivity contribution in [1.82, 2.24) is 14.9 Å². The van der Waals surface area contributed by atoms with Crippen molar-refractivity contribution in [1.29, 1.82) is 0 Å². The molecule has 0 saturated carbocycles. The summed E-state index contributed by atoms with van der Waals surface area (Å²) in [5.41, 5.74) is 0. The van der Waals surface area contributed by atoms with Crippen molar-refractivity contribution in [2.24, 2.45) is 0 Å². The molecule has 8 heteroatoms. The maximum Gasteiger partial charge on any atom is 0.243 e. The molecule has 1 fully saturated rings. The van der Waals surface area contributed by atoms with Gasteiger partial charge in [0.1, 0.15) is 6.04 Å². The lowest BCUT2D eigenvalue weighted by Gasteiger charge is -2.33. The molecule has 0 bridgehead atoms. The Morgan fingerprint density at radius 2 is 2.00 bits per heavy atom. The summed E-state index contributed by atoms with van der Waals surface area (Å²) in [5.74, 6) is 0.0848. The highest BCUT2D eigenvalue weighted by Gasteiger charge is 2.28. The third kappa shape index (κ3) is 4.76. The Morgan fingerprint density at radius 1 is 1.37 bits per heavy atom. The largest absolute Gasteiger partial charge is 0.341 e. The molecule has 2 aliphatic rings. The molecule has 2 N–H and O–H groups in total. The van der Waals surface area contributed by atoms with Crippen LogP contribution in [0.4, 0.5) is 0 Å². The fourth-order valence-electron chi connectivity index (χ4n) is 2.35. The minimum absolute atomic E-state index is 0. The molecule has 0 aromatic rings. The molecule has 1 atom stereocenters. The van der Waals surface area contributed by atoms with Crippen LogP contribution in [-0.4, -0.2) is 57.2 Å². The van der Waals surface area contributed by atoms with Crippen LogP contribution in [0.25, 0.3) is 0 Å². The average molecular weight is 310 g/mol. The van der Waals surface area contributed by atoms with Crippen molar-refractivity contribution in [3.05, 3.63) is 12.2 Å². The molecule has 0 spiro atoms. The summed E-state index contributed by atoms with van der Waals surface area (Å²) in [7, 11) is -3.15. The molecule has 2 heterocycles. The molecule has 0 aromatic heterocycles. The number of carbonyl (C=O) groups is 1. The first-order valence-electron chi connectivity index (χ1n) is 6.12. The Kier molecular flexibility index (Phi) is 5.79. The Labute approximate surface area is 120 Å². The van der Waals surface area contributed by atoms with Gasteiger partial charge in [0.2, 0.25) is 15.9 Å². The number of carbonyl (C=O) groups excluding carboxylic acids is 1. The lowest BCUT2D eigenvalue weighted by atomic mass is 10.1. The van der Waals surface area contributed by atoms with Gasteiger partial charge in [-0.2, -0.15) is 0 Å². The van der Waals surface area contributed by atoms with E-state index < -0.39 is 10.0 Å². The summed E-state index contributed by atoms with van der Waals surface area (Å²) < 4.78 is 24.8. The van der Waals surface area contributed by atoms with Crippen molar-refractivity contribution in [2.45, 2.75) is 24.9 Å². The fraction of sp³-hybridized carbons (Fsp3) is 0.727. The Hall–Kier alpha value is -0.630. The summed E-state index contributed by atoms with van der Waals surface area (Å²) in [5, 5.41) is 3.09. The Bertz CT molecular complexity index is 444. The molecule has 6 nitrogen and oxygen atoms in total. The molecule has 1 unspecified atom stereocenters.